The number of ether oxygens (including phenoxy) is 2. The molecule has 1 N–H and O–H groups in total. The molecule has 3 nitrogen and oxygen atoms in total. The summed E-state index contributed by atoms with van der Waals surface area (Å²) < 4.78 is 10.7. The summed E-state index contributed by atoms with van der Waals surface area (Å²) in [5, 5.41) is 3.09. The van der Waals surface area contributed by atoms with Crippen LogP contribution in [0.4, 0.5) is 0 Å². The van der Waals surface area contributed by atoms with Crippen molar-refractivity contribution in [3.05, 3.63) is 0 Å². The zero-order valence-electron chi connectivity index (χ0n) is 8.43. The number of hydrogen-bond acceptors (Lipinski definition) is 3. The summed E-state index contributed by atoms with van der Waals surface area (Å²) in [6, 6.07) is 0. The number of rotatable bonds is 8. The van der Waals surface area contributed by atoms with Crippen LogP contribution in [0.15, 0.2) is 0 Å². The van der Waals surface area contributed by atoms with Crippen LogP contribution in [0.3, 0.4) is 0 Å². The lowest BCUT2D eigenvalue weighted by atomic mass is 10.3. The van der Waals surface area contributed by atoms with Crippen molar-refractivity contribution in [2.24, 2.45) is 0 Å². The molecule has 0 spiro atoms. The fourth-order valence-electron chi connectivity index (χ4n) is 0.967. The zero-order chi connectivity index (χ0) is 9.23. The Morgan fingerprint density at radius 2 is 2.00 bits per heavy atom. The van der Waals surface area contributed by atoms with E-state index in [1.54, 1.807) is 0 Å². The maximum atomic E-state index is 5.55. The molecule has 0 rings (SSSR count). The maximum Gasteiger partial charge on any atom is 0.0704 e. The molecule has 0 saturated heterocycles. The minimum Gasteiger partial charge on any atom is -0.379 e. The first-order valence-corrected chi connectivity index (χ1v) is 4.69. The third-order valence-corrected chi connectivity index (χ3v) is 1.67. The fraction of sp³-hybridized carbons (Fsp3) is 1.00. The highest BCUT2D eigenvalue weighted by Crippen LogP contribution is 1.95. The fourth-order valence-corrected chi connectivity index (χ4v) is 0.967. The molecule has 0 aromatic carbocycles. The van der Waals surface area contributed by atoms with Gasteiger partial charge in [-0.15, -0.1) is 0 Å². The van der Waals surface area contributed by atoms with Gasteiger partial charge in [-0.2, -0.15) is 0 Å². The van der Waals surface area contributed by atoms with Gasteiger partial charge in [-0.1, -0.05) is 6.92 Å². The van der Waals surface area contributed by atoms with Crippen LogP contribution in [0.2, 0.25) is 0 Å². The molecule has 12 heavy (non-hydrogen) atoms. The molecule has 3 heteroatoms. The number of hydrogen-bond donors (Lipinski definition) is 1. The van der Waals surface area contributed by atoms with Gasteiger partial charge in [-0.25, -0.2) is 0 Å². The monoisotopic (exact) mass is 175 g/mol. The first-order chi connectivity index (χ1) is 5.85. The highest BCUT2D eigenvalue weighted by Gasteiger charge is 2.03. The molecule has 0 aliphatic rings. The Kier molecular flexibility index (Phi) is 8.88. The van der Waals surface area contributed by atoms with Crippen LogP contribution in [0.1, 0.15) is 20.3 Å². The van der Waals surface area contributed by atoms with E-state index in [9.17, 15) is 0 Å². The Morgan fingerprint density at radius 1 is 1.25 bits per heavy atom. The Labute approximate surface area is 75.4 Å². The van der Waals surface area contributed by atoms with E-state index in [1.807, 2.05) is 14.0 Å². The van der Waals surface area contributed by atoms with Gasteiger partial charge in [0.25, 0.3) is 0 Å². The third-order valence-electron chi connectivity index (χ3n) is 1.67. The Bertz CT molecular complexity index is 88.6. The molecule has 1 unspecified atom stereocenters. The van der Waals surface area contributed by atoms with Gasteiger partial charge in [0.2, 0.25) is 0 Å². The molecular formula is C9H21NO2. The van der Waals surface area contributed by atoms with E-state index in [0.717, 1.165) is 19.6 Å². The van der Waals surface area contributed by atoms with E-state index >= 15 is 0 Å². The van der Waals surface area contributed by atoms with Gasteiger partial charge < -0.3 is 14.8 Å². The highest BCUT2D eigenvalue weighted by molar-refractivity contribution is 4.56. The molecule has 0 amide bonds. The largest absolute Gasteiger partial charge is 0.379 e. The van der Waals surface area contributed by atoms with E-state index in [4.69, 9.17) is 9.47 Å². The van der Waals surface area contributed by atoms with Crippen molar-refractivity contribution in [2.75, 3.05) is 33.4 Å². The van der Waals surface area contributed by atoms with Gasteiger partial charge in [0.05, 0.1) is 19.3 Å². The summed E-state index contributed by atoms with van der Waals surface area (Å²) in [4.78, 5) is 0. The van der Waals surface area contributed by atoms with E-state index < -0.39 is 0 Å². The molecule has 0 bridgehead atoms. The molecule has 0 aliphatic heterocycles. The molecule has 0 fully saturated rings. The Balaban J connectivity index is 3.19. The molecule has 0 aromatic rings. The average Bonchev–Trinajstić information content (AvgIpc) is 2.10. The number of nitrogens with one attached hydrogen (secondary N) is 1. The Hall–Kier alpha value is -0.120. The summed E-state index contributed by atoms with van der Waals surface area (Å²) >= 11 is 0. The van der Waals surface area contributed by atoms with E-state index in [0.29, 0.717) is 19.3 Å². The summed E-state index contributed by atoms with van der Waals surface area (Å²) in [6.45, 7) is 7.22. The van der Waals surface area contributed by atoms with Crippen molar-refractivity contribution in [2.45, 2.75) is 26.4 Å². The minimum absolute atomic E-state index is 0.329. The molecule has 0 saturated carbocycles. The lowest BCUT2D eigenvalue weighted by Gasteiger charge is -2.15. The third kappa shape index (κ3) is 6.58. The standard InChI is InChI=1S/C9H21NO2/c1-4-9(8-10-3)12-7-6-11-5-2/h9-10H,4-8H2,1-3H3. The van der Waals surface area contributed by atoms with Crippen molar-refractivity contribution in [1.82, 2.24) is 5.32 Å². The van der Waals surface area contributed by atoms with Crippen LogP contribution in [0.5, 0.6) is 0 Å². The quantitative estimate of drug-likeness (QED) is 0.559. The molecule has 1 atom stereocenters. The molecule has 0 aromatic heterocycles. The normalized spacial score (nSPS) is 13.2. The van der Waals surface area contributed by atoms with Crippen LogP contribution in [-0.4, -0.2) is 39.5 Å². The van der Waals surface area contributed by atoms with E-state index in [2.05, 4.69) is 12.2 Å². The van der Waals surface area contributed by atoms with Gasteiger partial charge >= 0.3 is 0 Å². The topological polar surface area (TPSA) is 30.5 Å². The number of likely N-dealkylation sites (N-methyl/N-ethyl adjacent to an activating group) is 1. The van der Waals surface area contributed by atoms with Gasteiger partial charge in [-0.3, -0.25) is 0 Å². The van der Waals surface area contributed by atoms with Crippen molar-refractivity contribution in [3.63, 3.8) is 0 Å². The molecule has 74 valence electrons. The van der Waals surface area contributed by atoms with Crippen LogP contribution in [0.25, 0.3) is 0 Å². The molecule has 0 radical (unpaired) electrons. The summed E-state index contributed by atoms with van der Waals surface area (Å²) in [7, 11) is 1.94. The van der Waals surface area contributed by atoms with Crippen molar-refractivity contribution in [1.29, 1.82) is 0 Å². The lowest BCUT2D eigenvalue weighted by Crippen LogP contribution is -2.27. The minimum atomic E-state index is 0.329. The van der Waals surface area contributed by atoms with Gasteiger partial charge in [0, 0.05) is 13.2 Å². The molecule has 0 aliphatic carbocycles. The Morgan fingerprint density at radius 3 is 2.50 bits per heavy atom. The predicted octanol–water partition coefficient (Wildman–Crippen LogP) is 1.04. The second-order valence-electron chi connectivity index (χ2n) is 2.66. The highest BCUT2D eigenvalue weighted by atomic mass is 16.5. The molecular weight excluding hydrogens is 154 g/mol. The van der Waals surface area contributed by atoms with E-state index in [1.165, 1.54) is 0 Å². The summed E-state index contributed by atoms with van der Waals surface area (Å²) in [6.07, 6.45) is 1.38. The predicted molar refractivity (Wildman–Crippen MR) is 50.5 cm³/mol. The van der Waals surface area contributed by atoms with Crippen LogP contribution in [-0.2, 0) is 9.47 Å². The first-order valence-electron chi connectivity index (χ1n) is 4.69. The average molecular weight is 175 g/mol. The van der Waals surface area contributed by atoms with Crippen LogP contribution < -0.4 is 5.32 Å². The van der Waals surface area contributed by atoms with Gasteiger partial charge in [-0.05, 0) is 20.4 Å². The van der Waals surface area contributed by atoms with Crippen LogP contribution >= 0.6 is 0 Å². The van der Waals surface area contributed by atoms with Gasteiger partial charge in [0.15, 0.2) is 0 Å². The second kappa shape index (κ2) is 8.97. The van der Waals surface area contributed by atoms with E-state index in [-0.39, 0.29) is 0 Å². The SMILES string of the molecule is CCOCCOC(CC)CNC. The second-order valence-corrected chi connectivity index (χ2v) is 2.66. The van der Waals surface area contributed by atoms with Gasteiger partial charge in [0.1, 0.15) is 0 Å². The summed E-state index contributed by atoms with van der Waals surface area (Å²) in [5.41, 5.74) is 0. The lowest BCUT2D eigenvalue weighted by molar-refractivity contribution is 0.00726. The summed E-state index contributed by atoms with van der Waals surface area (Å²) in [5.74, 6) is 0. The molecule has 0 heterocycles. The smallest absolute Gasteiger partial charge is 0.0704 e. The van der Waals surface area contributed by atoms with Crippen molar-refractivity contribution < 1.29 is 9.47 Å². The van der Waals surface area contributed by atoms with Crippen molar-refractivity contribution >= 4 is 0 Å². The first kappa shape index (κ1) is 11.9. The van der Waals surface area contributed by atoms with Crippen molar-refractivity contribution in [3.8, 4) is 0 Å². The maximum absolute atomic E-state index is 5.55. The van der Waals surface area contributed by atoms with Crippen LogP contribution in [0, 0.1) is 0 Å². The zero-order valence-corrected chi connectivity index (χ0v) is 8.43.